The van der Waals surface area contributed by atoms with Crippen molar-refractivity contribution in [1.29, 1.82) is 0 Å². The number of carbonyl (C=O) groups is 1. The first kappa shape index (κ1) is 14.0. The Labute approximate surface area is 127 Å². The average Bonchev–Trinajstić information content (AvgIpc) is 2.56. The van der Waals surface area contributed by atoms with Gasteiger partial charge in [-0.1, -0.05) is 42.5 Å². The maximum Gasteiger partial charge on any atom is 0.269 e. The molecule has 22 heavy (non-hydrogen) atoms. The number of hydrogen-bond acceptors (Lipinski definition) is 3. The lowest BCUT2D eigenvalue weighted by Gasteiger charge is -2.10. The highest BCUT2D eigenvalue weighted by Crippen LogP contribution is 2.07. The second kappa shape index (κ2) is 6.22. The van der Waals surface area contributed by atoms with Crippen LogP contribution in [0.5, 0.6) is 0 Å². The number of amides is 1. The van der Waals surface area contributed by atoms with Crippen molar-refractivity contribution >= 4 is 16.9 Å². The molecular formula is C17H15N3O2. The van der Waals surface area contributed by atoms with Crippen molar-refractivity contribution in [3.8, 4) is 0 Å². The zero-order valence-electron chi connectivity index (χ0n) is 11.9. The summed E-state index contributed by atoms with van der Waals surface area (Å²) in [6.07, 6.45) is 1.24. The minimum absolute atomic E-state index is 0.0191. The van der Waals surface area contributed by atoms with Crippen LogP contribution in [0.15, 0.2) is 65.6 Å². The first-order valence-corrected chi connectivity index (χ1v) is 6.99. The molecule has 0 radical (unpaired) electrons. The topological polar surface area (TPSA) is 64.0 Å². The molecule has 110 valence electrons. The predicted octanol–water partition coefficient (Wildman–Crippen LogP) is 1.71. The molecule has 0 spiro atoms. The second-order valence-corrected chi connectivity index (χ2v) is 4.93. The maximum atomic E-state index is 12.1. The van der Waals surface area contributed by atoms with Crippen LogP contribution >= 0.6 is 0 Å². The molecule has 5 heteroatoms. The summed E-state index contributed by atoms with van der Waals surface area (Å²) in [6.45, 7) is 0.423. The summed E-state index contributed by atoms with van der Waals surface area (Å²) in [5.41, 5.74) is 2.08. The van der Waals surface area contributed by atoms with Crippen LogP contribution in [0.4, 0.5) is 0 Å². The molecule has 2 aromatic carbocycles. The standard InChI is InChI=1S/C17H15N3O2/c21-16(19-10-13-6-2-1-3-7-13)12-20-15-9-5-4-8-14(15)18-11-17(20)22/h1-9,11H,10,12H2,(H,19,21). The van der Waals surface area contributed by atoms with E-state index in [0.29, 0.717) is 17.6 Å². The van der Waals surface area contributed by atoms with Crippen molar-refractivity contribution in [3.63, 3.8) is 0 Å². The van der Waals surface area contributed by atoms with Gasteiger partial charge in [0.15, 0.2) is 0 Å². The van der Waals surface area contributed by atoms with Gasteiger partial charge in [0.05, 0.1) is 17.2 Å². The van der Waals surface area contributed by atoms with Crippen molar-refractivity contribution in [1.82, 2.24) is 14.9 Å². The fraction of sp³-hybridized carbons (Fsp3) is 0.118. The highest BCUT2D eigenvalue weighted by molar-refractivity contribution is 5.79. The van der Waals surface area contributed by atoms with E-state index in [2.05, 4.69) is 10.3 Å². The SMILES string of the molecule is O=C(Cn1c(=O)cnc2ccccc21)NCc1ccccc1. The normalized spacial score (nSPS) is 10.5. The summed E-state index contributed by atoms with van der Waals surface area (Å²) in [7, 11) is 0. The van der Waals surface area contributed by atoms with Crippen LogP contribution in [0, 0.1) is 0 Å². The second-order valence-electron chi connectivity index (χ2n) is 4.93. The van der Waals surface area contributed by atoms with Gasteiger partial charge < -0.3 is 5.32 Å². The molecule has 1 N–H and O–H groups in total. The molecule has 0 fully saturated rings. The minimum Gasteiger partial charge on any atom is -0.350 e. The number of benzene rings is 2. The molecule has 0 unspecified atom stereocenters. The summed E-state index contributed by atoms with van der Waals surface area (Å²) in [4.78, 5) is 28.1. The lowest BCUT2D eigenvalue weighted by Crippen LogP contribution is -2.32. The van der Waals surface area contributed by atoms with Crippen molar-refractivity contribution in [3.05, 3.63) is 76.7 Å². The molecule has 0 saturated carbocycles. The number of hydrogen-bond donors (Lipinski definition) is 1. The van der Waals surface area contributed by atoms with Gasteiger partial charge in [-0.05, 0) is 17.7 Å². The minimum atomic E-state index is -0.284. The van der Waals surface area contributed by atoms with Gasteiger partial charge in [-0.2, -0.15) is 0 Å². The highest BCUT2D eigenvalue weighted by Gasteiger charge is 2.08. The molecule has 3 rings (SSSR count). The van der Waals surface area contributed by atoms with E-state index in [4.69, 9.17) is 0 Å². The van der Waals surface area contributed by atoms with E-state index in [1.807, 2.05) is 48.5 Å². The lowest BCUT2D eigenvalue weighted by molar-refractivity contribution is -0.121. The Balaban J connectivity index is 1.77. The third-order valence-electron chi connectivity index (χ3n) is 3.39. The number of nitrogens with zero attached hydrogens (tertiary/aromatic N) is 2. The lowest BCUT2D eigenvalue weighted by atomic mass is 10.2. The Hall–Kier alpha value is -2.95. The smallest absolute Gasteiger partial charge is 0.269 e. The molecule has 0 saturated heterocycles. The molecular weight excluding hydrogens is 278 g/mol. The molecule has 0 aliphatic heterocycles. The van der Waals surface area contributed by atoms with Crippen LogP contribution in [-0.2, 0) is 17.9 Å². The number of rotatable bonds is 4. The first-order valence-electron chi connectivity index (χ1n) is 6.99. The molecule has 1 aromatic heterocycles. The summed E-state index contributed by atoms with van der Waals surface area (Å²) < 4.78 is 1.43. The zero-order valence-corrected chi connectivity index (χ0v) is 11.9. The Morgan fingerprint density at radius 1 is 1.05 bits per heavy atom. The predicted molar refractivity (Wildman–Crippen MR) is 84.3 cm³/mol. The summed E-state index contributed by atoms with van der Waals surface area (Å²) in [5, 5.41) is 2.82. The van der Waals surface area contributed by atoms with E-state index in [9.17, 15) is 9.59 Å². The van der Waals surface area contributed by atoms with Crippen LogP contribution in [0.3, 0.4) is 0 Å². The van der Waals surface area contributed by atoms with E-state index < -0.39 is 0 Å². The highest BCUT2D eigenvalue weighted by atomic mass is 16.2. The van der Waals surface area contributed by atoms with Gasteiger partial charge in [0, 0.05) is 6.54 Å². The van der Waals surface area contributed by atoms with Gasteiger partial charge in [-0.25, -0.2) is 4.98 Å². The van der Waals surface area contributed by atoms with Crippen LogP contribution < -0.4 is 10.9 Å². The van der Waals surface area contributed by atoms with E-state index in [-0.39, 0.29) is 18.0 Å². The quantitative estimate of drug-likeness (QED) is 0.796. The molecule has 1 heterocycles. The molecule has 5 nitrogen and oxygen atoms in total. The molecule has 0 atom stereocenters. The Bertz CT molecular complexity index is 856. The molecule has 0 aliphatic carbocycles. The van der Waals surface area contributed by atoms with Crippen molar-refractivity contribution < 1.29 is 4.79 Å². The summed E-state index contributed by atoms with van der Waals surface area (Å²) in [5.74, 6) is -0.206. The number of nitrogens with one attached hydrogen (secondary N) is 1. The van der Waals surface area contributed by atoms with Gasteiger partial charge in [0.1, 0.15) is 6.54 Å². The molecule has 0 bridgehead atoms. The number of fused-ring (bicyclic) bond motifs is 1. The number of para-hydroxylation sites is 2. The van der Waals surface area contributed by atoms with Crippen LogP contribution in [0.25, 0.3) is 11.0 Å². The fourth-order valence-electron chi connectivity index (χ4n) is 2.27. The largest absolute Gasteiger partial charge is 0.350 e. The summed E-state index contributed by atoms with van der Waals surface area (Å²) in [6, 6.07) is 16.9. The van der Waals surface area contributed by atoms with E-state index >= 15 is 0 Å². The van der Waals surface area contributed by atoms with Gasteiger partial charge >= 0.3 is 0 Å². The van der Waals surface area contributed by atoms with Gasteiger partial charge in [0.2, 0.25) is 5.91 Å². The fourth-order valence-corrected chi connectivity index (χ4v) is 2.27. The van der Waals surface area contributed by atoms with Crippen molar-refractivity contribution in [2.45, 2.75) is 13.1 Å². The number of aromatic nitrogens is 2. The maximum absolute atomic E-state index is 12.1. The zero-order chi connectivity index (χ0) is 15.4. The first-order chi connectivity index (χ1) is 10.7. The van der Waals surface area contributed by atoms with Crippen molar-refractivity contribution in [2.75, 3.05) is 0 Å². The third-order valence-corrected chi connectivity index (χ3v) is 3.39. The molecule has 1 amide bonds. The van der Waals surface area contributed by atoms with E-state index in [1.54, 1.807) is 6.07 Å². The van der Waals surface area contributed by atoms with Crippen LogP contribution in [0.1, 0.15) is 5.56 Å². The average molecular weight is 293 g/mol. The van der Waals surface area contributed by atoms with E-state index in [1.165, 1.54) is 10.8 Å². The van der Waals surface area contributed by atoms with Gasteiger partial charge in [-0.15, -0.1) is 0 Å². The Morgan fingerprint density at radius 2 is 1.77 bits per heavy atom. The third kappa shape index (κ3) is 3.03. The van der Waals surface area contributed by atoms with Crippen LogP contribution in [0.2, 0.25) is 0 Å². The monoisotopic (exact) mass is 293 g/mol. The summed E-state index contributed by atoms with van der Waals surface area (Å²) >= 11 is 0. The Kier molecular flexibility index (Phi) is 3.96. The molecule has 3 aromatic rings. The molecule has 0 aliphatic rings. The van der Waals surface area contributed by atoms with Crippen LogP contribution in [-0.4, -0.2) is 15.5 Å². The van der Waals surface area contributed by atoms with Gasteiger partial charge in [0.25, 0.3) is 5.56 Å². The van der Waals surface area contributed by atoms with Crippen molar-refractivity contribution in [2.24, 2.45) is 0 Å². The number of carbonyl (C=O) groups excluding carboxylic acids is 1. The van der Waals surface area contributed by atoms with Gasteiger partial charge in [-0.3, -0.25) is 14.2 Å². The van der Waals surface area contributed by atoms with E-state index in [0.717, 1.165) is 5.56 Å². The Morgan fingerprint density at radius 3 is 2.59 bits per heavy atom.